The lowest BCUT2D eigenvalue weighted by Gasteiger charge is -2.19. The maximum Gasteiger partial charge on any atom is 0.329 e. The number of nitrogens with one attached hydrogen (secondary N) is 1. The average Bonchev–Trinajstić information content (AvgIpc) is 2.35. The van der Waals surface area contributed by atoms with Gasteiger partial charge in [-0.2, -0.15) is 0 Å². The largest absolute Gasteiger partial charge is 0.480 e. The number of H-pyrrole nitrogens is 1. The standard InChI is InChI=1S/C7H10N2O3/c1-7(2,5(10)11)9-4-3-8-6(9)12/h3-4H,1-2H3,(H,8,12)(H,10,11). The lowest BCUT2D eigenvalue weighted by atomic mass is 10.1. The fourth-order valence-electron chi connectivity index (χ4n) is 0.864. The van der Waals surface area contributed by atoms with Crippen LogP contribution in [0, 0.1) is 0 Å². The summed E-state index contributed by atoms with van der Waals surface area (Å²) in [5.41, 5.74) is -1.61. The molecule has 0 aliphatic carbocycles. The first kappa shape index (κ1) is 8.58. The van der Waals surface area contributed by atoms with Crippen molar-refractivity contribution in [2.75, 3.05) is 0 Å². The molecule has 0 fully saturated rings. The van der Waals surface area contributed by atoms with Gasteiger partial charge in [-0.3, -0.25) is 4.57 Å². The van der Waals surface area contributed by atoms with Crippen LogP contribution in [-0.4, -0.2) is 20.6 Å². The van der Waals surface area contributed by atoms with Crippen LogP contribution in [0.15, 0.2) is 17.2 Å². The van der Waals surface area contributed by atoms with Gasteiger partial charge in [-0.25, -0.2) is 9.59 Å². The molecule has 5 nitrogen and oxygen atoms in total. The highest BCUT2D eigenvalue weighted by Crippen LogP contribution is 2.11. The average molecular weight is 170 g/mol. The number of hydrogen-bond acceptors (Lipinski definition) is 2. The Kier molecular flexibility index (Phi) is 1.79. The molecular weight excluding hydrogens is 160 g/mol. The Labute approximate surface area is 68.6 Å². The van der Waals surface area contributed by atoms with Crippen molar-refractivity contribution >= 4 is 5.97 Å². The van der Waals surface area contributed by atoms with Gasteiger partial charge in [-0.1, -0.05) is 0 Å². The molecule has 0 spiro atoms. The van der Waals surface area contributed by atoms with Crippen LogP contribution in [0.4, 0.5) is 0 Å². The Balaban J connectivity index is 3.23. The number of nitrogens with zero attached hydrogens (tertiary/aromatic N) is 1. The van der Waals surface area contributed by atoms with E-state index in [1.54, 1.807) is 0 Å². The van der Waals surface area contributed by atoms with Crippen molar-refractivity contribution in [3.05, 3.63) is 22.9 Å². The van der Waals surface area contributed by atoms with E-state index in [0.29, 0.717) is 0 Å². The zero-order valence-electron chi connectivity index (χ0n) is 6.87. The zero-order valence-corrected chi connectivity index (χ0v) is 6.87. The van der Waals surface area contributed by atoms with Crippen molar-refractivity contribution in [3.63, 3.8) is 0 Å². The minimum Gasteiger partial charge on any atom is -0.480 e. The minimum absolute atomic E-state index is 0.414. The lowest BCUT2D eigenvalue weighted by molar-refractivity contribution is -0.145. The molecule has 1 heterocycles. The molecule has 0 unspecified atom stereocenters. The summed E-state index contributed by atoms with van der Waals surface area (Å²) < 4.78 is 1.13. The molecule has 0 atom stereocenters. The number of carbonyl (C=O) groups is 1. The van der Waals surface area contributed by atoms with Crippen LogP contribution in [0.25, 0.3) is 0 Å². The molecule has 0 bridgehead atoms. The van der Waals surface area contributed by atoms with Crippen LogP contribution in [0.5, 0.6) is 0 Å². The van der Waals surface area contributed by atoms with Gasteiger partial charge in [-0.15, -0.1) is 0 Å². The van der Waals surface area contributed by atoms with E-state index in [0.717, 1.165) is 4.57 Å². The number of aliphatic carboxylic acids is 1. The van der Waals surface area contributed by atoms with E-state index in [4.69, 9.17) is 5.11 Å². The predicted molar refractivity (Wildman–Crippen MR) is 42.0 cm³/mol. The number of carboxylic acid groups (broad SMARTS) is 1. The van der Waals surface area contributed by atoms with Crippen molar-refractivity contribution in [1.29, 1.82) is 0 Å². The number of aromatic amines is 1. The summed E-state index contributed by atoms with van der Waals surface area (Å²) in [7, 11) is 0. The maximum absolute atomic E-state index is 11.0. The molecule has 0 radical (unpaired) electrons. The molecule has 66 valence electrons. The van der Waals surface area contributed by atoms with E-state index in [1.807, 2.05) is 0 Å². The minimum atomic E-state index is -1.20. The second-order valence-corrected chi connectivity index (χ2v) is 3.00. The molecule has 0 aromatic carbocycles. The summed E-state index contributed by atoms with van der Waals surface area (Å²) in [6.07, 6.45) is 2.82. The SMILES string of the molecule is CC(C)(C(=O)O)n1cc[nH]c1=O. The number of imidazole rings is 1. The molecule has 5 heteroatoms. The van der Waals surface area contributed by atoms with Crippen LogP contribution >= 0.6 is 0 Å². The van der Waals surface area contributed by atoms with E-state index in [9.17, 15) is 9.59 Å². The fraction of sp³-hybridized carbons (Fsp3) is 0.429. The molecule has 0 saturated carbocycles. The van der Waals surface area contributed by atoms with E-state index >= 15 is 0 Å². The van der Waals surface area contributed by atoms with Crippen molar-refractivity contribution < 1.29 is 9.90 Å². The third-order valence-corrected chi connectivity index (χ3v) is 1.77. The number of aromatic nitrogens is 2. The normalized spacial score (nSPS) is 11.5. The Hall–Kier alpha value is -1.52. The van der Waals surface area contributed by atoms with Crippen LogP contribution in [-0.2, 0) is 10.3 Å². The van der Waals surface area contributed by atoms with Gasteiger partial charge in [-0.05, 0) is 13.8 Å². The van der Waals surface area contributed by atoms with Gasteiger partial charge in [0.1, 0.15) is 5.54 Å². The Morgan fingerprint density at radius 3 is 2.58 bits per heavy atom. The van der Waals surface area contributed by atoms with Gasteiger partial charge in [0.05, 0.1) is 0 Å². The topological polar surface area (TPSA) is 75.1 Å². The summed E-state index contributed by atoms with van der Waals surface area (Å²) in [6, 6.07) is 0. The van der Waals surface area contributed by atoms with E-state index < -0.39 is 17.2 Å². The third kappa shape index (κ3) is 1.13. The summed E-state index contributed by atoms with van der Waals surface area (Å²) >= 11 is 0. The van der Waals surface area contributed by atoms with Crippen molar-refractivity contribution in [2.24, 2.45) is 0 Å². The zero-order chi connectivity index (χ0) is 9.35. The molecule has 1 rings (SSSR count). The monoisotopic (exact) mass is 170 g/mol. The molecule has 2 N–H and O–H groups in total. The second kappa shape index (κ2) is 2.51. The first-order valence-electron chi connectivity index (χ1n) is 3.46. The van der Waals surface area contributed by atoms with Crippen molar-refractivity contribution in [3.8, 4) is 0 Å². The Bertz CT molecular complexity index is 348. The van der Waals surface area contributed by atoms with Crippen LogP contribution < -0.4 is 5.69 Å². The van der Waals surface area contributed by atoms with Gasteiger partial charge >= 0.3 is 11.7 Å². The second-order valence-electron chi connectivity index (χ2n) is 3.00. The molecule has 0 amide bonds. The molecule has 12 heavy (non-hydrogen) atoms. The van der Waals surface area contributed by atoms with Crippen LogP contribution in [0.1, 0.15) is 13.8 Å². The molecule has 0 aliphatic heterocycles. The van der Waals surface area contributed by atoms with Crippen molar-refractivity contribution in [2.45, 2.75) is 19.4 Å². The fourth-order valence-corrected chi connectivity index (χ4v) is 0.864. The summed E-state index contributed by atoms with van der Waals surface area (Å²) in [5.74, 6) is -1.04. The number of rotatable bonds is 2. The van der Waals surface area contributed by atoms with E-state index in [1.165, 1.54) is 26.2 Å². The summed E-state index contributed by atoms with van der Waals surface area (Å²) in [4.78, 5) is 24.1. The maximum atomic E-state index is 11.0. The molecular formula is C7H10N2O3. The molecule has 1 aromatic rings. The molecule has 1 aromatic heterocycles. The first-order valence-corrected chi connectivity index (χ1v) is 3.46. The smallest absolute Gasteiger partial charge is 0.329 e. The molecule has 0 aliphatic rings. The Morgan fingerprint density at radius 1 is 1.67 bits per heavy atom. The Morgan fingerprint density at radius 2 is 2.25 bits per heavy atom. The summed E-state index contributed by atoms with van der Waals surface area (Å²) in [6.45, 7) is 2.93. The van der Waals surface area contributed by atoms with Gasteiger partial charge in [0.25, 0.3) is 0 Å². The summed E-state index contributed by atoms with van der Waals surface area (Å²) in [5, 5.41) is 8.76. The number of hydrogen-bond donors (Lipinski definition) is 2. The number of carboxylic acids is 1. The highest BCUT2D eigenvalue weighted by molar-refractivity contribution is 5.75. The van der Waals surface area contributed by atoms with Crippen molar-refractivity contribution in [1.82, 2.24) is 9.55 Å². The first-order chi connectivity index (χ1) is 5.46. The van der Waals surface area contributed by atoms with Gasteiger partial charge in [0.2, 0.25) is 0 Å². The van der Waals surface area contributed by atoms with Crippen LogP contribution in [0.2, 0.25) is 0 Å². The van der Waals surface area contributed by atoms with Crippen LogP contribution in [0.3, 0.4) is 0 Å². The van der Waals surface area contributed by atoms with Gasteiger partial charge in [0.15, 0.2) is 0 Å². The predicted octanol–water partition coefficient (Wildman–Crippen LogP) is -0.00390. The highest BCUT2D eigenvalue weighted by atomic mass is 16.4. The van der Waals surface area contributed by atoms with E-state index in [2.05, 4.69) is 4.98 Å². The van der Waals surface area contributed by atoms with Gasteiger partial charge in [0, 0.05) is 12.4 Å². The highest BCUT2D eigenvalue weighted by Gasteiger charge is 2.30. The van der Waals surface area contributed by atoms with Gasteiger partial charge < -0.3 is 10.1 Å². The quantitative estimate of drug-likeness (QED) is 0.655. The lowest BCUT2D eigenvalue weighted by Crippen LogP contribution is -2.41. The third-order valence-electron chi connectivity index (χ3n) is 1.77. The van der Waals surface area contributed by atoms with E-state index in [-0.39, 0.29) is 0 Å². The molecule has 0 saturated heterocycles.